The number of H-pyrrole nitrogens is 1. The molecule has 28 heavy (non-hydrogen) atoms. The number of amides is 1. The molecule has 7 heteroatoms. The van der Waals surface area contributed by atoms with Crippen molar-refractivity contribution in [3.63, 3.8) is 0 Å². The molecule has 1 fully saturated rings. The van der Waals surface area contributed by atoms with Gasteiger partial charge in [0.05, 0.1) is 17.8 Å². The lowest BCUT2D eigenvalue weighted by Crippen LogP contribution is -2.46. The molecule has 0 saturated heterocycles. The zero-order valence-electron chi connectivity index (χ0n) is 16.0. The molecule has 0 aliphatic heterocycles. The maximum atomic E-state index is 13.1. The number of carbonyl (C=O) groups is 1. The molecule has 1 aromatic carbocycles. The summed E-state index contributed by atoms with van der Waals surface area (Å²) < 4.78 is 1.33. The van der Waals surface area contributed by atoms with Gasteiger partial charge in [0.25, 0.3) is 11.5 Å². The minimum Gasteiger partial charge on any atom is -0.391 e. The standard InChI is InChI=1S/C21H24N4O3/c1-12-18(20(27)23-15-10-6-7-11-16(15)26)21(28)25-19(22-12)17(13(2)24-25)14-8-4-3-5-9-14/h3-5,8-9,15-16,24,26H,6-7,10-11H2,1-2H3,(H,23,27)/t15-,16-/m0/s1. The maximum Gasteiger partial charge on any atom is 0.285 e. The van der Waals surface area contributed by atoms with E-state index in [4.69, 9.17) is 0 Å². The summed E-state index contributed by atoms with van der Waals surface area (Å²) in [7, 11) is 0. The van der Waals surface area contributed by atoms with Crippen molar-refractivity contribution in [1.29, 1.82) is 0 Å². The number of carbonyl (C=O) groups excluding carboxylic acids is 1. The number of hydrogen-bond donors (Lipinski definition) is 3. The molecule has 1 amide bonds. The van der Waals surface area contributed by atoms with Gasteiger partial charge in [-0.1, -0.05) is 43.2 Å². The van der Waals surface area contributed by atoms with Crippen molar-refractivity contribution >= 4 is 11.6 Å². The normalized spacial score (nSPS) is 19.7. The smallest absolute Gasteiger partial charge is 0.285 e. The molecular formula is C21H24N4O3. The molecule has 1 aliphatic carbocycles. The summed E-state index contributed by atoms with van der Waals surface area (Å²) in [6.07, 6.45) is 2.70. The van der Waals surface area contributed by atoms with Crippen molar-refractivity contribution in [2.75, 3.05) is 0 Å². The van der Waals surface area contributed by atoms with Crippen molar-refractivity contribution in [3.8, 4) is 11.1 Å². The number of hydrogen-bond acceptors (Lipinski definition) is 4. The quantitative estimate of drug-likeness (QED) is 0.649. The number of rotatable bonds is 3. The Morgan fingerprint density at radius 1 is 1.21 bits per heavy atom. The van der Waals surface area contributed by atoms with Crippen LogP contribution in [0.3, 0.4) is 0 Å². The molecule has 2 aromatic heterocycles. The van der Waals surface area contributed by atoms with Crippen molar-refractivity contribution in [2.45, 2.75) is 51.7 Å². The van der Waals surface area contributed by atoms with Gasteiger partial charge in [-0.05, 0) is 32.3 Å². The Morgan fingerprint density at radius 2 is 1.93 bits per heavy atom. The summed E-state index contributed by atoms with van der Waals surface area (Å²) in [4.78, 5) is 30.5. The van der Waals surface area contributed by atoms with E-state index in [1.54, 1.807) is 6.92 Å². The van der Waals surface area contributed by atoms with Crippen molar-refractivity contribution in [1.82, 2.24) is 19.9 Å². The minimum absolute atomic E-state index is 0.0103. The number of nitrogens with zero attached hydrogens (tertiary/aromatic N) is 2. The molecule has 3 aromatic rings. The number of aliphatic hydroxyl groups is 1. The van der Waals surface area contributed by atoms with Gasteiger partial charge < -0.3 is 10.4 Å². The Balaban J connectivity index is 1.77. The van der Waals surface area contributed by atoms with Crippen LogP contribution < -0.4 is 10.9 Å². The van der Waals surface area contributed by atoms with Crippen LogP contribution in [-0.2, 0) is 0 Å². The lowest BCUT2D eigenvalue weighted by Gasteiger charge is -2.28. The Kier molecular flexibility index (Phi) is 4.77. The molecule has 146 valence electrons. The first kappa shape index (κ1) is 18.4. The Labute approximate surface area is 162 Å². The second kappa shape index (κ2) is 7.24. The molecule has 0 spiro atoms. The van der Waals surface area contributed by atoms with E-state index in [0.29, 0.717) is 24.2 Å². The van der Waals surface area contributed by atoms with Gasteiger partial charge in [0, 0.05) is 11.3 Å². The largest absolute Gasteiger partial charge is 0.391 e. The first-order valence-electron chi connectivity index (χ1n) is 9.63. The summed E-state index contributed by atoms with van der Waals surface area (Å²) in [6, 6.07) is 9.39. The molecule has 2 atom stereocenters. The highest BCUT2D eigenvalue weighted by atomic mass is 16.3. The van der Waals surface area contributed by atoms with Crippen LogP contribution >= 0.6 is 0 Å². The Morgan fingerprint density at radius 3 is 2.64 bits per heavy atom. The average Bonchev–Trinajstić information content (AvgIpc) is 3.00. The zero-order chi connectivity index (χ0) is 19.8. The molecule has 0 radical (unpaired) electrons. The molecule has 4 rings (SSSR count). The van der Waals surface area contributed by atoms with Crippen LogP contribution in [-0.4, -0.2) is 37.8 Å². The van der Waals surface area contributed by atoms with E-state index >= 15 is 0 Å². The summed E-state index contributed by atoms with van der Waals surface area (Å²) in [6.45, 7) is 3.55. The first-order chi connectivity index (χ1) is 13.5. The number of aromatic amines is 1. The van der Waals surface area contributed by atoms with Crippen LogP contribution in [0.4, 0.5) is 0 Å². The van der Waals surface area contributed by atoms with E-state index in [1.165, 1.54) is 4.52 Å². The van der Waals surface area contributed by atoms with E-state index in [0.717, 1.165) is 29.7 Å². The van der Waals surface area contributed by atoms with Gasteiger partial charge in [-0.15, -0.1) is 0 Å². The van der Waals surface area contributed by atoms with Gasteiger partial charge in [-0.25, -0.2) is 9.50 Å². The van der Waals surface area contributed by atoms with Crippen molar-refractivity contribution in [2.24, 2.45) is 0 Å². The van der Waals surface area contributed by atoms with E-state index in [1.807, 2.05) is 37.3 Å². The summed E-state index contributed by atoms with van der Waals surface area (Å²) >= 11 is 0. The molecule has 1 saturated carbocycles. The van der Waals surface area contributed by atoms with Crippen LogP contribution in [0.25, 0.3) is 16.8 Å². The maximum absolute atomic E-state index is 13.1. The Hall–Kier alpha value is -2.93. The molecule has 3 N–H and O–H groups in total. The van der Waals surface area contributed by atoms with Crippen molar-refractivity contribution < 1.29 is 9.90 Å². The number of benzene rings is 1. The third-order valence-corrected chi connectivity index (χ3v) is 5.48. The van der Waals surface area contributed by atoms with E-state index < -0.39 is 17.6 Å². The number of nitrogens with one attached hydrogen (secondary N) is 2. The van der Waals surface area contributed by atoms with Gasteiger partial charge in [0.1, 0.15) is 5.56 Å². The van der Waals surface area contributed by atoms with Crippen LogP contribution in [0, 0.1) is 13.8 Å². The number of aliphatic hydroxyl groups excluding tert-OH is 1. The van der Waals surface area contributed by atoms with Crippen LogP contribution in [0.15, 0.2) is 35.1 Å². The molecule has 0 unspecified atom stereocenters. The average molecular weight is 380 g/mol. The minimum atomic E-state index is -0.574. The highest BCUT2D eigenvalue weighted by Crippen LogP contribution is 2.26. The fourth-order valence-corrected chi connectivity index (χ4v) is 4.02. The van der Waals surface area contributed by atoms with Gasteiger partial charge >= 0.3 is 0 Å². The van der Waals surface area contributed by atoms with Gasteiger partial charge in [0.15, 0.2) is 5.65 Å². The fraction of sp³-hybridized carbons (Fsp3) is 0.381. The highest BCUT2D eigenvalue weighted by Gasteiger charge is 2.28. The SMILES string of the molecule is Cc1nc2c(-c3ccccc3)c(C)[nH]n2c(=O)c1C(=O)N[C@H]1CCCC[C@@H]1O. The molecular weight excluding hydrogens is 356 g/mol. The first-order valence-corrected chi connectivity index (χ1v) is 9.63. The van der Waals surface area contributed by atoms with Gasteiger partial charge in [-0.2, -0.15) is 0 Å². The summed E-state index contributed by atoms with van der Waals surface area (Å²) in [5.41, 5.74) is 3.05. The van der Waals surface area contributed by atoms with E-state index in [-0.39, 0.29) is 11.6 Å². The number of aryl methyl sites for hydroxylation is 2. The molecule has 1 aliphatic rings. The lowest BCUT2D eigenvalue weighted by atomic mass is 9.92. The van der Waals surface area contributed by atoms with E-state index in [9.17, 15) is 14.7 Å². The van der Waals surface area contributed by atoms with Crippen LogP contribution in [0.1, 0.15) is 47.4 Å². The highest BCUT2D eigenvalue weighted by molar-refractivity contribution is 5.95. The summed E-state index contributed by atoms with van der Waals surface area (Å²) in [5.74, 6) is -0.483. The van der Waals surface area contributed by atoms with Crippen LogP contribution in [0.2, 0.25) is 0 Å². The van der Waals surface area contributed by atoms with Crippen molar-refractivity contribution in [3.05, 3.63) is 57.6 Å². The van der Waals surface area contributed by atoms with Crippen LogP contribution in [0.5, 0.6) is 0 Å². The third kappa shape index (κ3) is 3.11. The second-order valence-electron chi connectivity index (χ2n) is 7.45. The predicted molar refractivity (Wildman–Crippen MR) is 106 cm³/mol. The topological polar surface area (TPSA) is 99.5 Å². The Bertz CT molecular complexity index is 1080. The van der Waals surface area contributed by atoms with E-state index in [2.05, 4.69) is 15.4 Å². The monoisotopic (exact) mass is 380 g/mol. The second-order valence-corrected chi connectivity index (χ2v) is 7.45. The molecule has 0 bridgehead atoms. The molecule has 2 heterocycles. The lowest BCUT2D eigenvalue weighted by molar-refractivity contribution is 0.0715. The third-order valence-electron chi connectivity index (χ3n) is 5.48. The predicted octanol–water partition coefficient (Wildman–Crippen LogP) is 2.34. The molecule has 7 nitrogen and oxygen atoms in total. The number of fused-ring (bicyclic) bond motifs is 1. The van der Waals surface area contributed by atoms with Gasteiger partial charge in [0.2, 0.25) is 0 Å². The fourth-order valence-electron chi connectivity index (χ4n) is 4.02. The summed E-state index contributed by atoms with van der Waals surface area (Å²) in [5, 5.41) is 16.0. The number of aromatic nitrogens is 3. The van der Waals surface area contributed by atoms with Gasteiger partial charge in [-0.3, -0.25) is 14.7 Å². The zero-order valence-corrected chi connectivity index (χ0v) is 16.0.